The van der Waals surface area contributed by atoms with E-state index in [9.17, 15) is 19.5 Å². The van der Waals surface area contributed by atoms with Crippen LogP contribution in [-0.4, -0.2) is 57.4 Å². The van der Waals surface area contributed by atoms with E-state index in [1.807, 2.05) is 57.5 Å². The van der Waals surface area contributed by atoms with Gasteiger partial charge in [-0.1, -0.05) is 52.0 Å². The van der Waals surface area contributed by atoms with Gasteiger partial charge in [0.1, 0.15) is 12.1 Å². The van der Waals surface area contributed by atoms with Crippen molar-refractivity contribution in [1.82, 2.24) is 20.5 Å². The SMILES string of the molecule is CCC(=O)NC(C(=O)N1CC(O)CC1C(=O)NCc1ccc(-c2scnc2C)cc1)C(C)(C)C. The molecule has 3 rings (SSSR count). The lowest BCUT2D eigenvalue weighted by Crippen LogP contribution is -2.57. The minimum atomic E-state index is -0.789. The van der Waals surface area contributed by atoms with Gasteiger partial charge in [-0.2, -0.15) is 0 Å². The first-order valence-corrected chi connectivity index (χ1v) is 12.4. The van der Waals surface area contributed by atoms with Crippen LogP contribution in [0.25, 0.3) is 10.4 Å². The highest BCUT2D eigenvalue weighted by atomic mass is 32.1. The standard InChI is InChI=1S/C25H34N4O4S/c1-6-20(31)28-22(25(3,4)5)24(33)29-13-18(30)11-19(29)23(32)26-12-16-7-9-17(10-8-16)21-15(2)27-14-34-21/h7-10,14,18-19,22,30H,6,11-13H2,1-5H3,(H,26,32)(H,28,31). The Morgan fingerprint density at radius 2 is 1.91 bits per heavy atom. The molecule has 34 heavy (non-hydrogen) atoms. The van der Waals surface area contributed by atoms with Crippen molar-refractivity contribution in [2.45, 2.75) is 72.2 Å². The Kier molecular flexibility index (Phi) is 8.09. The van der Waals surface area contributed by atoms with E-state index >= 15 is 0 Å². The van der Waals surface area contributed by atoms with E-state index < -0.39 is 23.6 Å². The number of aryl methyl sites for hydroxylation is 1. The van der Waals surface area contributed by atoms with Gasteiger partial charge in [-0.25, -0.2) is 4.98 Å². The Balaban J connectivity index is 1.67. The summed E-state index contributed by atoms with van der Waals surface area (Å²) in [5, 5.41) is 15.9. The quantitative estimate of drug-likeness (QED) is 0.557. The minimum Gasteiger partial charge on any atom is -0.391 e. The minimum absolute atomic E-state index is 0.0639. The normalized spacial score (nSPS) is 19.1. The molecule has 3 unspecified atom stereocenters. The Morgan fingerprint density at radius 1 is 1.24 bits per heavy atom. The summed E-state index contributed by atoms with van der Waals surface area (Å²) in [6, 6.07) is 6.34. The van der Waals surface area contributed by atoms with Crippen LogP contribution in [0.2, 0.25) is 0 Å². The number of aliphatic hydroxyl groups is 1. The number of amides is 3. The number of nitrogens with zero attached hydrogens (tertiary/aromatic N) is 2. The lowest BCUT2D eigenvalue weighted by atomic mass is 9.85. The fraction of sp³-hybridized carbons (Fsp3) is 0.520. The number of likely N-dealkylation sites (tertiary alicyclic amines) is 1. The number of β-amino-alcohol motifs (C(OH)–C–C–N with tert-alkyl or cyclic N) is 1. The lowest BCUT2D eigenvalue weighted by molar-refractivity contribution is -0.144. The molecule has 2 aromatic rings. The maximum absolute atomic E-state index is 13.4. The predicted octanol–water partition coefficient (Wildman–Crippen LogP) is 2.64. The molecule has 0 spiro atoms. The van der Waals surface area contributed by atoms with Crippen LogP contribution in [0.5, 0.6) is 0 Å². The van der Waals surface area contributed by atoms with Gasteiger partial charge in [0.05, 0.1) is 22.2 Å². The van der Waals surface area contributed by atoms with Crippen LogP contribution in [-0.2, 0) is 20.9 Å². The topological polar surface area (TPSA) is 112 Å². The molecule has 9 heteroatoms. The van der Waals surface area contributed by atoms with Crippen molar-refractivity contribution in [3.05, 3.63) is 41.0 Å². The summed E-state index contributed by atoms with van der Waals surface area (Å²) in [5.41, 5.74) is 4.26. The van der Waals surface area contributed by atoms with Crippen LogP contribution in [0.1, 0.15) is 51.8 Å². The average Bonchev–Trinajstić information content (AvgIpc) is 3.40. The van der Waals surface area contributed by atoms with Crippen LogP contribution in [0.4, 0.5) is 0 Å². The summed E-state index contributed by atoms with van der Waals surface area (Å²) in [6.45, 7) is 9.67. The molecule has 0 saturated carbocycles. The largest absolute Gasteiger partial charge is 0.391 e. The van der Waals surface area contributed by atoms with E-state index in [4.69, 9.17) is 0 Å². The fourth-order valence-electron chi connectivity index (χ4n) is 4.04. The van der Waals surface area contributed by atoms with E-state index in [1.165, 1.54) is 4.90 Å². The number of nitrogens with one attached hydrogen (secondary N) is 2. The number of benzene rings is 1. The van der Waals surface area contributed by atoms with Gasteiger partial charge in [0, 0.05) is 25.9 Å². The van der Waals surface area contributed by atoms with Crippen molar-refractivity contribution in [3.8, 4) is 10.4 Å². The molecule has 0 bridgehead atoms. The van der Waals surface area contributed by atoms with Crippen LogP contribution in [0, 0.1) is 12.3 Å². The third-order valence-corrected chi connectivity index (χ3v) is 7.01. The predicted molar refractivity (Wildman–Crippen MR) is 132 cm³/mol. The fourth-order valence-corrected chi connectivity index (χ4v) is 4.86. The van der Waals surface area contributed by atoms with Gasteiger partial charge in [0.2, 0.25) is 17.7 Å². The number of carbonyl (C=O) groups is 3. The van der Waals surface area contributed by atoms with E-state index in [2.05, 4.69) is 15.6 Å². The summed E-state index contributed by atoms with van der Waals surface area (Å²) in [5.74, 6) is -0.900. The second-order valence-electron chi connectivity index (χ2n) is 9.80. The highest BCUT2D eigenvalue weighted by molar-refractivity contribution is 7.13. The Morgan fingerprint density at radius 3 is 2.47 bits per heavy atom. The Labute approximate surface area is 204 Å². The smallest absolute Gasteiger partial charge is 0.246 e. The zero-order valence-corrected chi connectivity index (χ0v) is 21.2. The molecule has 3 N–H and O–H groups in total. The molecule has 1 aliphatic heterocycles. The lowest BCUT2D eigenvalue weighted by Gasteiger charge is -2.35. The van der Waals surface area contributed by atoms with Crippen LogP contribution in [0.15, 0.2) is 29.8 Å². The molecule has 184 valence electrons. The van der Waals surface area contributed by atoms with E-state index in [1.54, 1.807) is 18.3 Å². The van der Waals surface area contributed by atoms with Gasteiger partial charge in [0.25, 0.3) is 0 Å². The summed E-state index contributed by atoms with van der Waals surface area (Å²) >= 11 is 1.59. The molecule has 0 aliphatic carbocycles. The summed E-state index contributed by atoms with van der Waals surface area (Å²) in [4.78, 5) is 45.2. The number of carbonyl (C=O) groups excluding carboxylic acids is 3. The molecule has 1 aliphatic rings. The second kappa shape index (κ2) is 10.7. The zero-order valence-electron chi connectivity index (χ0n) is 20.4. The highest BCUT2D eigenvalue weighted by Crippen LogP contribution is 2.28. The molecule has 8 nitrogen and oxygen atoms in total. The number of hydrogen-bond donors (Lipinski definition) is 3. The molecule has 1 aromatic carbocycles. The van der Waals surface area contributed by atoms with Gasteiger partial charge in [0.15, 0.2) is 0 Å². The summed E-state index contributed by atoms with van der Waals surface area (Å²) < 4.78 is 0. The van der Waals surface area contributed by atoms with Crippen molar-refractivity contribution in [2.24, 2.45) is 5.41 Å². The van der Waals surface area contributed by atoms with Crippen molar-refractivity contribution in [1.29, 1.82) is 0 Å². The van der Waals surface area contributed by atoms with Crippen molar-refractivity contribution in [2.75, 3.05) is 6.54 Å². The van der Waals surface area contributed by atoms with E-state index in [0.29, 0.717) is 6.54 Å². The van der Waals surface area contributed by atoms with Crippen molar-refractivity contribution >= 4 is 29.1 Å². The van der Waals surface area contributed by atoms with Gasteiger partial charge < -0.3 is 20.6 Å². The number of rotatable bonds is 7. The van der Waals surface area contributed by atoms with E-state index in [0.717, 1.165) is 21.7 Å². The maximum atomic E-state index is 13.4. The first-order valence-electron chi connectivity index (χ1n) is 11.6. The molecule has 1 aromatic heterocycles. The van der Waals surface area contributed by atoms with E-state index in [-0.39, 0.29) is 37.1 Å². The molecule has 1 fully saturated rings. The average molecular weight is 487 g/mol. The van der Waals surface area contributed by atoms with Gasteiger partial charge in [-0.15, -0.1) is 11.3 Å². The molecular formula is C25H34N4O4S. The van der Waals surface area contributed by atoms with Crippen molar-refractivity contribution in [3.63, 3.8) is 0 Å². The maximum Gasteiger partial charge on any atom is 0.246 e. The third kappa shape index (κ3) is 6.01. The summed E-state index contributed by atoms with van der Waals surface area (Å²) in [7, 11) is 0. The van der Waals surface area contributed by atoms with Gasteiger partial charge in [-0.05, 0) is 23.5 Å². The monoisotopic (exact) mass is 486 g/mol. The number of aromatic nitrogens is 1. The number of aliphatic hydroxyl groups excluding tert-OH is 1. The van der Waals surface area contributed by atoms with Crippen LogP contribution >= 0.6 is 11.3 Å². The molecule has 2 heterocycles. The molecule has 1 saturated heterocycles. The summed E-state index contributed by atoms with van der Waals surface area (Å²) in [6.07, 6.45) is -0.364. The zero-order chi connectivity index (χ0) is 25.0. The number of hydrogen-bond acceptors (Lipinski definition) is 6. The van der Waals surface area contributed by atoms with Crippen molar-refractivity contribution < 1.29 is 19.5 Å². The molecule has 3 atom stereocenters. The number of thiazole rings is 1. The first-order chi connectivity index (χ1) is 16.0. The third-order valence-electron chi connectivity index (χ3n) is 6.03. The molecular weight excluding hydrogens is 452 g/mol. The second-order valence-corrected chi connectivity index (χ2v) is 10.7. The highest BCUT2D eigenvalue weighted by Gasteiger charge is 2.44. The van der Waals surface area contributed by atoms with Gasteiger partial charge in [-0.3, -0.25) is 14.4 Å². The van der Waals surface area contributed by atoms with Gasteiger partial charge >= 0.3 is 0 Å². The van der Waals surface area contributed by atoms with Crippen LogP contribution in [0.3, 0.4) is 0 Å². The molecule has 0 radical (unpaired) electrons. The first kappa shape index (κ1) is 25.8. The van der Waals surface area contributed by atoms with Crippen LogP contribution < -0.4 is 10.6 Å². The Bertz CT molecular complexity index is 1030. The molecule has 3 amide bonds. The Hall–Kier alpha value is -2.78.